The summed E-state index contributed by atoms with van der Waals surface area (Å²) in [6.07, 6.45) is 3.18. The molecule has 1 amide bonds. The van der Waals surface area contributed by atoms with Gasteiger partial charge >= 0.3 is 0 Å². The minimum Gasteiger partial charge on any atom is -0.342 e. The van der Waals surface area contributed by atoms with Crippen LogP contribution in [-0.4, -0.2) is 29.2 Å². The SMILES string of the molecule is O=C(N1CCC(CBr)C1)C1(c2ccccc2)CC1. The van der Waals surface area contributed by atoms with Crippen LogP contribution in [-0.2, 0) is 10.2 Å². The number of likely N-dealkylation sites (tertiary alicyclic amines) is 1. The number of hydrogen-bond acceptors (Lipinski definition) is 1. The number of hydrogen-bond donors (Lipinski definition) is 0. The van der Waals surface area contributed by atoms with E-state index in [1.165, 1.54) is 5.56 Å². The average Bonchev–Trinajstić information content (AvgIpc) is 3.10. The molecule has 1 heterocycles. The molecule has 0 spiro atoms. The first kappa shape index (κ1) is 12.2. The molecule has 0 bridgehead atoms. The van der Waals surface area contributed by atoms with E-state index in [-0.39, 0.29) is 5.41 Å². The van der Waals surface area contributed by atoms with Crippen molar-refractivity contribution in [3.05, 3.63) is 35.9 Å². The normalized spacial score (nSPS) is 25.2. The second kappa shape index (κ2) is 4.69. The van der Waals surface area contributed by atoms with E-state index in [1.807, 2.05) is 18.2 Å². The quantitative estimate of drug-likeness (QED) is 0.786. The van der Waals surface area contributed by atoms with Gasteiger partial charge in [-0.05, 0) is 30.7 Å². The zero-order valence-corrected chi connectivity index (χ0v) is 12.0. The molecule has 2 aliphatic rings. The predicted molar refractivity (Wildman–Crippen MR) is 75.8 cm³/mol. The number of carbonyl (C=O) groups excluding carboxylic acids is 1. The first-order valence-electron chi connectivity index (χ1n) is 6.67. The number of rotatable bonds is 3. The van der Waals surface area contributed by atoms with Crippen molar-refractivity contribution >= 4 is 21.8 Å². The van der Waals surface area contributed by atoms with E-state index in [1.54, 1.807) is 0 Å². The zero-order chi connectivity index (χ0) is 12.6. The smallest absolute Gasteiger partial charge is 0.233 e. The van der Waals surface area contributed by atoms with E-state index in [0.29, 0.717) is 11.8 Å². The summed E-state index contributed by atoms with van der Waals surface area (Å²) >= 11 is 3.53. The Balaban J connectivity index is 1.77. The molecule has 0 N–H and O–H groups in total. The summed E-state index contributed by atoms with van der Waals surface area (Å²) in [6, 6.07) is 10.3. The van der Waals surface area contributed by atoms with Crippen molar-refractivity contribution in [2.45, 2.75) is 24.7 Å². The Morgan fingerprint density at radius 1 is 1.33 bits per heavy atom. The van der Waals surface area contributed by atoms with Crippen LogP contribution in [0.3, 0.4) is 0 Å². The Hall–Kier alpha value is -0.830. The monoisotopic (exact) mass is 307 g/mol. The van der Waals surface area contributed by atoms with Crippen molar-refractivity contribution in [3.8, 4) is 0 Å². The molecule has 3 heteroatoms. The van der Waals surface area contributed by atoms with Gasteiger partial charge < -0.3 is 4.90 Å². The highest BCUT2D eigenvalue weighted by atomic mass is 79.9. The highest BCUT2D eigenvalue weighted by Crippen LogP contribution is 2.50. The summed E-state index contributed by atoms with van der Waals surface area (Å²) in [6.45, 7) is 1.86. The molecule has 1 saturated heterocycles. The third kappa shape index (κ3) is 1.99. The molecule has 1 saturated carbocycles. The molecule has 3 rings (SSSR count). The van der Waals surface area contributed by atoms with E-state index in [2.05, 4.69) is 33.0 Å². The lowest BCUT2D eigenvalue weighted by Crippen LogP contribution is -2.37. The molecule has 1 aliphatic heterocycles. The van der Waals surface area contributed by atoms with Crippen LogP contribution in [0.25, 0.3) is 0 Å². The van der Waals surface area contributed by atoms with Crippen LogP contribution in [0.5, 0.6) is 0 Å². The van der Waals surface area contributed by atoms with Crippen LogP contribution in [0, 0.1) is 5.92 Å². The summed E-state index contributed by atoms with van der Waals surface area (Å²) < 4.78 is 0. The number of halogens is 1. The fourth-order valence-corrected chi connectivity index (χ4v) is 3.48. The van der Waals surface area contributed by atoms with Crippen molar-refractivity contribution in [1.29, 1.82) is 0 Å². The van der Waals surface area contributed by atoms with E-state index < -0.39 is 0 Å². The Bertz CT molecular complexity index is 441. The lowest BCUT2D eigenvalue weighted by atomic mass is 9.94. The van der Waals surface area contributed by atoms with E-state index >= 15 is 0 Å². The van der Waals surface area contributed by atoms with Crippen LogP contribution in [0.2, 0.25) is 0 Å². The van der Waals surface area contributed by atoms with Gasteiger partial charge in [0.25, 0.3) is 0 Å². The molecular weight excluding hydrogens is 290 g/mol. The van der Waals surface area contributed by atoms with Gasteiger partial charge in [-0.3, -0.25) is 4.79 Å². The Morgan fingerprint density at radius 3 is 2.61 bits per heavy atom. The molecule has 2 nitrogen and oxygen atoms in total. The summed E-state index contributed by atoms with van der Waals surface area (Å²) in [7, 11) is 0. The van der Waals surface area contributed by atoms with E-state index in [0.717, 1.165) is 37.7 Å². The maximum Gasteiger partial charge on any atom is 0.233 e. The van der Waals surface area contributed by atoms with E-state index in [4.69, 9.17) is 0 Å². The molecule has 1 aromatic carbocycles. The highest BCUT2D eigenvalue weighted by Gasteiger charge is 2.53. The summed E-state index contributed by atoms with van der Waals surface area (Å²) in [5.41, 5.74) is 1.03. The van der Waals surface area contributed by atoms with Gasteiger partial charge in [0.1, 0.15) is 0 Å². The number of alkyl halides is 1. The fraction of sp³-hybridized carbons (Fsp3) is 0.533. The first-order chi connectivity index (χ1) is 8.76. The standard InChI is InChI=1S/C15H18BrNO/c16-10-12-6-9-17(11-12)14(18)15(7-8-15)13-4-2-1-3-5-13/h1-5,12H,6-11H2. The van der Waals surface area contributed by atoms with Gasteiger partial charge in [-0.25, -0.2) is 0 Å². The van der Waals surface area contributed by atoms with Gasteiger partial charge in [-0.1, -0.05) is 46.3 Å². The molecule has 1 aliphatic carbocycles. The highest BCUT2D eigenvalue weighted by molar-refractivity contribution is 9.09. The maximum atomic E-state index is 12.7. The largest absolute Gasteiger partial charge is 0.342 e. The van der Waals surface area contributed by atoms with Gasteiger partial charge in [-0.15, -0.1) is 0 Å². The van der Waals surface area contributed by atoms with Crippen molar-refractivity contribution in [2.24, 2.45) is 5.92 Å². The lowest BCUT2D eigenvalue weighted by Gasteiger charge is -2.23. The fourth-order valence-electron chi connectivity index (χ4n) is 2.95. The van der Waals surface area contributed by atoms with Crippen molar-refractivity contribution < 1.29 is 4.79 Å². The van der Waals surface area contributed by atoms with Gasteiger partial charge in [0, 0.05) is 18.4 Å². The average molecular weight is 308 g/mol. The van der Waals surface area contributed by atoms with Crippen molar-refractivity contribution in [3.63, 3.8) is 0 Å². The van der Waals surface area contributed by atoms with Crippen LogP contribution in [0.15, 0.2) is 30.3 Å². The molecule has 0 aromatic heterocycles. The Morgan fingerprint density at radius 2 is 2.06 bits per heavy atom. The molecule has 0 radical (unpaired) electrons. The predicted octanol–water partition coefficient (Wildman–Crippen LogP) is 2.96. The van der Waals surface area contributed by atoms with Crippen molar-refractivity contribution in [1.82, 2.24) is 4.90 Å². The summed E-state index contributed by atoms with van der Waals surface area (Å²) in [4.78, 5) is 14.8. The van der Waals surface area contributed by atoms with Gasteiger partial charge in [0.05, 0.1) is 5.41 Å². The maximum absolute atomic E-state index is 12.7. The zero-order valence-electron chi connectivity index (χ0n) is 10.4. The van der Waals surface area contributed by atoms with Crippen molar-refractivity contribution in [2.75, 3.05) is 18.4 Å². The molecule has 1 aromatic rings. The summed E-state index contributed by atoms with van der Waals surface area (Å²) in [5, 5.41) is 1.01. The molecule has 2 fully saturated rings. The van der Waals surface area contributed by atoms with Crippen LogP contribution < -0.4 is 0 Å². The topological polar surface area (TPSA) is 20.3 Å². The number of carbonyl (C=O) groups is 1. The molecule has 1 unspecified atom stereocenters. The number of benzene rings is 1. The summed E-state index contributed by atoms with van der Waals surface area (Å²) in [5.74, 6) is 0.998. The van der Waals surface area contributed by atoms with Crippen LogP contribution in [0.4, 0.5) is 0 Å². The third-order valence-corrected chi connectivity index (χ3v) is 5.19. The molecular formula is C15H18BrNO. The molecule has 96 valence electrons. The Kier molecular flexibility index (Phi) is 3.18. The first-order valence-corrected chi connectivity index (χ1v) is 7.79. The molecule has 18 heavy (non-hydrogen) atoms. The third-order valence-electron chi connectivity index (χ3n) is 4.28. The second-order valence-corrected chi connectivity index (χ2v) is 6.16. The van der Waals surface area contributed by atoms with Crippen LogP contribution >= 0.6 is 15.9 Å². The van der Waals surface area contributed by atoms with Gasteiger partial charge in [-0.2, -0.15) is 0 Å². The minimum absolute atomic E-state index is 0.178. The van der Waals surface area contributed by atoms with Crippen LogP contribution in [0.1, 0.15) is 24.8 Å². The minimum atomic E-state index is -0.178. The Labute approximate surface area is 116 Å². The second-order valence-electron chi connectivity index (χ2n) is 5.51. The van der Waals surface area contributed by atoms with E-state index in [9.17, 15) is 4.79 Å². The molecule has 1 atom stereocenters. The lowest BCUT2D eigenvalue weighted by molar-refractivity contribution is -0.133. The van der Waals surface area contributed by atoms with Gasteiger partial charge in [0.15, 0.2) is 0 Å². The number of amides is 1. The van der Waals surface area contributed by atoms with Gasteiger partial charge in [0.2, 0.25) is 5.91 Å². The number of nitrogens with zero attached hydrogens (tertiary/aromatic N) is 1.